The molecular weight excluding hydrogens is 567 g/mol. The van der Waals surface area contributed by atoms with Gasteiger partial charge in [0.2, 0.25) is 0 Å². The van der Waals surface area contributed by atoms with Crippen molar-refractivity contribution < 1.29 is 26.7 Å². The Labute approximate surface area is 195 Å². The number of hydrogen-bond acceptors (Lipinski definition) is 3. The van der Waals surface area contributed by atoms with Gasteiger partial charge in [-0.1, -0.05) is 28.1 Å². The summed E-state index contributed by atoms with van der Waals surface area (Å²) in [5, 5.41) is 9.01. The van der Waals surface area contributed by atoms with Crippen molar-refractivity contribution in [1.29, 1.82) is 0 Å². The Kier molecular flexibility index (Phi) is 6.01. The van der Waals surface area contributed by atoms with E-state index in [9.17, 15) is 26.7 Å². The summed E-state index contributed by atoms with van der Waals surface area (Å²) in [7, 11) is 0. The lowest BCUT2D eigenvalue weighted by Crippen LogP contribution is -2.35. The van der Waals surface area contributed by atoms with E-state index in [-0.39, 0.29) is 28.1 Å². The Morgan fingerprint density at radius 2 is 1.81 bits per heavy atom. The number of alkyl halides is 3. The topological polar surface area (TPSA) is 59.0 Å². The number of rotatable bonds is 3. The third-order valence-corrected chi connectivity index (χ3v) is 6.09. The zero-order chi connectivity index (χ0) is 23.2. The van der Waals surface area contributed by atoms with Gasteiger partial charge in [0.05, 0.1) is 11.7 Å². The van der Waals surface area contributed by atoms with Crippen LogP contribution in [0.5, 0.6) is 0 Å². The van der Waals surface area contributed by atoms with Crippen LogP contribution in [0.1, 0.15) is 34.6 Å². The number of fused-ring (bicyclic) bond motifs is 1. The summed E-state index contributed by atoms with van der Waals surface area (Å²) in [6, 6.07) is 6.88. The van der Waals surface area contributed by atoms with Gasteiger partial charge in [-0.15, -0.1) is 0 Å². The maximum absolute atomic E-state index is 14.0. The summed E-state index contributed by atoms with van der Waals surface area (Å²) in [6.07, 6.45) is -4.95. The number of aromatic nitrogens is 2. The van der Waals surface area contributed by atoms with Crippen molar-refractivity contribution in [2.45, 2.75) is 24.7 Å². The Morgan fingerprint density at radius 1 is 1.12 bits per heavy atom. The number of halogens is 7. The molecule has 32 heavy (non-hydrogen) atoms. The molecule has 2 atom stereocenters. The molecule has 12 heteroatoms. The average molecular weight is 580 g/mol. The van der Waals surface area contributed by atoms with Crippen LogP contribution in [-0.4, -0.2) is 21.9 Å². The summed E-state index contributed by atoms with van der Waals surface area (Å²) >= 11 is 6.24. The van der Waals surface area contributed by atoms with Crippen LogP contribution >= 0.6 is 31.9 Å². The van der Waals surface area contributed by atoms with E-state index in [1.807, 2.05) is 0 Å². The molecule has 2 N–H and O–H groups in total. The molecule has 0 spiro atoms. The van der Waals surface area contributed by atoms with E-state index in [1.54, 1.807) is 24.3 Å². The second-order valence-corrected chi connectivity index (χ2v) is 8.87. The Hall–Kier alpha value is -2.47. The highest BCUT2D eigenvalue weighted by Crippen LogP contribution is 2.43. The van der Waals surface area contributed by atoms with E-state index in [0.29, 0.717) is 16.3 Å². The number of hydrogen-bond donors (Lipinski definition) is 2. The van der Waals surface area contributed by atoms with E-state index < -0.39 is 35.8 Å². The molecule has 4 rings (SSSR count). The van der Waals surface area contributed by atoms with Crippen LogP contribution in [0.25, 0.3) is 0 Å². The first-order chi connectivity index (χ1) is 15.0. The molecule has 168 valence electrons. The first kappa shape index (κ1) is 22.7. The van der Waals surface area contributed by atoms with Gasteiger partial charge in [-0.2, -0.15) is 18.3 Å². The van der Waals surface area contributed by atoms with E-state index in [4.69, 9.17) is 0 Å². The molecule has 1 amide bonds. The predicted octanol–water partition coefficient (Wildman–Crippen LogP) is 6.60. The molecule has 0 saturated carbocycles. The van der Waals surface area contributed by atoms with Crippen molar-refractivity contribution in [2.24, 2.45) is 0 Å². The van der Waals surface area contributed by atoms with Gasteiger partial charge in [-0.3, -0.25) is 4.79 Å². The predicted molar refractivity (Wildman–Crippen MR) is 114 cm³/mol. The summed E-state index contributed by atoms with van der Waals surface area (Å²) in [5.74, 6) is -2.85. The fourth-order valence-corrected chi connectivity index (χ4v) is 4.21. The Bertz CT molecular complexity index is 1160. The highest BCUT2D eigenvalue weighted by Gasteiger charge is 2.46. The fraction of sp³-hybridized carbons (Fsp3) is 0.200. The van der Waals surface area contributed by atoms with Crippen molar-refractivity contribution in [3.8, 4) is 0 Å². The molecule has 0 saturated heterocycles. The van der Waals surface area contributed by atoms with Crippen molar-refractivity contribution in [1.82, 2.24) is 9.78 Å². The molecular formula is C20H13Br2F5N4O. The zero-order valence-corrected chi connectivity index (χ0v) is 19.0. The van der Waals surface area contributed by atoms with Crippen molar-refractivity contribution in [2.75, 3.05) is 10.6 Å². The first-order valence-corrected chi connectivity index (χ1v) is 10.8. The molecule has 0 fully saturated rings. The van der Waals surface area contributed by atoms with Crippen LogP contribution in [0.3, 0.4) is 0 Å². The molecule has 0 bridgehead atoms. The van der Waals surface area contributed by atoms with Crippen molar-refractivity contribution in [3.63, 3.8) is 0 Å². The van der Waals surface area contributed by atoms with Gasteiger partial charge in [0.1, 0.15) is 11.6 Å². The SMILES string of the molecule is O=C(Nc1c(F)cc(F)cc1Br)c1cc2n(n1)[C@H](C(F)(F)F)C[C@H](c1ccc(Br)cc1)N2. The fourth-order valence-electron chi connectivity index (χ4n) is 3.44. The molecule has 1 aliphatic heterocycles. The van der Waals surface area contributed by atoms with Gasteiger partial charge in [-0.05, 0) is 39.7 Å². The van der Waals surface area contributed by atoms with Crippen LogP contribution < -0.4 is 10.6 Å². The lowest BCUT2D eigenvalue weighted by Gasteiger charge is -2.33. The summed E-state index contributed by atoms with van der Waals surface area (Å²) in [6.45, 7) is 0. The zero-order valence-electron chi connectivity index (χ0n) is 15.9. The van der Waals surface area contributed by atoms with E-state index in [2.05, 4.69) is 47.6 Å². The van der Waals surface area contributed by atoms with Gasteiger partial charge in [-0.25, -0.2) is 13.5 Å². The number of carbonyl (C=O) groups is 1. The molecule has 0 unspecified atom stereocenters. The summed E-state index contributed by atoms with van der Waals surface area (Å²) in [5.41, 5.74) is -0.0671. The maximum atomic E-state index is 14.0. The quantitative estimate of drug-likeness (QED) is 0.344. The van der Waals surface area contributed by atoms with Gasteiger partial charge in [0, 0.05) is 27.5 Å². The van der Waals surface area contributed by atoms with Crippen molar-refractivity contribution in [3.05, 3.63) is 74.3 Å². The standard InChI is InChI=1S/C20H13Br2F5N4O/c21-10-3-1-9(2-4-10)14-7-16(20(25,26)27)31-17(28-14)8-15(30-31)19(32)29-18-12(22)5-11(23)6-13(18)24/h1-6,8,14,16,28H,7H2,(H,29,32)/t14-,16+/m1/s1. The third-order valence-electron chi connectivity index (χ3n) is 4.94. The van der Waals surface area contributed by atoms with Gasteiger partial charge in [0.15, 0.2) is 17.6 Å². The van der Waals surface area contributed by atoms with Crippen LogP contribution in [0.15, 0.2) is 51.4 Å². The molecule has 5 nitrogen and oxygen atoms in total. The van der Waals surface area contributed by atoms with Crippen LogP contribution in [0.2, 0.25) is 0 Å². The molecule has 2 aromatic carbocycles. The maximum Gasteiger partial charge on any atom is 0.410 e. The number of anilines is 2. The molecule has 0 radical (unpaired) electrons. The Balaban J connectivity index is 1.66. The van der Waals surface area contributed by atoms with E-state index in [0.717, 1.165) is 16.6 Å². The number of carbonyl (C=O) groups excluding carboxylic acids is 1. The normalized spacial score (nSPS) is 18.1. The van der Waals surface area contributed by atoms with Crippen LogP contribution in [0, 0.1) is 11.6 Å². The first-order valence-electron chi connectivity index (χ1n) is 9.17. The monoisotopic (exact) mass is 578 g/mol. The van der Waals surface area contributed by atoms with Crippen molar-refractivity contribution >= 4 is 49.3 Å². The van der Waals surface area contributed by atoms with Crippen LogP contribution in [-0.2, 0) is 0 Å². The highest BCUT2D eigenvalue weighted by molar-refractivity contribution is 9.10. The second kappa shape index (κ2) is 8.47. The molecule has 0 aliphatic carbocycles. The molecule has 3 aromatic rings. The van der Waals surface area contributed by atoms with Gasteiger partial charge < -0.3 is 10.6 Å². The number of amides is 1. The molecule has 2 heterocycles. The third kappa shape index (κ3) is 4.51. The van der Waals surface area contributed by atoms with Gasteiger partial charge in [0.25, 0.3) is 5.91 Å². The minimum absolute atomic E-state index is 0.00436. The van der Waals surface area contributed by atoms with Crippen LogP contribution in [0.4, 0.5) is 33.5 Å². The van der Waals surface area contributed by atoms with E-state index >= 15 is 0 Å². The molecule has 1 aliphatic rings. The average Bonchev–Trinajstić information content (AvgIpc) is 3.13. The minimum Gasteiger partial charge on any atom is -0.363 e. The van der Waals surface area contributed by atoms with E-state index in [1.165, 1.54) is 0 Å². The number of nitrogens with zero attached hydrogens (tertiary/aromatic N) is 2. The lowest BCUT2D eigenvalue weighted by atomic mass is 9.97. The largest absolute Gasteiger partial charge is 0.410 e. The lowest BCUT2D eigenvalue weighted by molar-refractivity contribution is -0.173. The Morgan fingerprint density at radius 3 is 2.44 bits per heavy atom. The van der Waals surface area contributed by atoms with Gasteiger partial charge >= 0.3 is 6.18 Å². The highest BCUT2D eigenvalue weighted by atomic mass is 79.9. The molecule has 1 aromatic heterocycles. The smallest absolute Gasteiger partial charge is 0.363 e. The summed E-state index contributed by atoms with van der Waals surface area (Å²) in [4.78, 5) is 12.6. The second-order valence-electron chi connectivity index (χ2n) is 7.10. The number of benzene rings is 2. The minimum atomic E-state index is -4.61. The summed E-state index contributed by atoms with van der Waals surface area (Å²) < 4.78 is 70.1. The number of nitrogens with one attached hydrogen (secondary N) is 2.